The van der Waals surface area contributed by atoms with Gasteiger partial charge in [-0.15, -0.1) is 0 Å². The molecule has 0 spiro atoms. The van der Waals surface area contributed by atoms with Crippen molar-refractivity contribution in [2.45, 2.75) is 25.8 Å². The van der Waals surface area contributed by atoms with Crippen LogP contribution in [0.2, 0.25) is 0 Å². The Hall–Kier alpha value is -0.640. The fraction of sp³-hybridized carbons (Fsp3) is 0.714. The van der Waals surface area contributed by atoms with Crippen LogP contribution in [0.3, 0.4) is 0 Å². The molecule has 0 aromatic heterocycles. The van der Waals surface area contributed by atoms with Crippen molar-refractivity contribution in [3.8, 4) is 0 Å². The van der Waals surface area contributed by atoms with E-state index in [-0.39, 0.29) is 23.5 Å². The first-order chi connectivity index (χ1) is 10.9. The van der Waals surface area contributed by atoms with Crippen LogP contribution in [-0.2, 0) is 19.4 Å². The predicted octanol–water partition coefficient (Wildman–Crippen LogP) is 1.23. The van der Waals surface area contributed by atoms with E-state index in [9.17, 15) is 13.2 Å². The second-order valence-corrected chi connectivity index (χ2v) is 9.46. The number of methoxy groups -OCH3 is 1. The van der Waals surface area contributed by atoms with E-state index in [2.05, 4.69) is 0 Å². The summed E-state index contributed by atoms with van der Waals surface area (Å²) >= 11 is 6.56. The molecule has 1 amide bonds. The first-order valence-electron chi connectivity index (χ1n) is 7.58. The molecule has 2 rings (SSSR count). The van der Waals surface area contributed by atoms with Crippen LogP contribution >= 0.6 is 24.0 Å². The van der Waals surface area contributed by atoms with Crippen LogP contribution in [-0.4, -0.2) is 72.8 Å². The van der Waals surface area contributed by atoms with Gasteiger partial charge in [-0.2, -0.15) is 0 Å². The third-order valence-electron chi connectivity index (χ3n) is 3.93. The van der Waals surface area contributed by atoms with Crippen molar-refractivity contribution in [2.75, 3.05) is 38.3 Å². The van der Waals surface area contributed by atoms with Gasteiger partial charge in [0.25, 0.3) is 5.91 Å². The van der Waals surface area contributed by atoms with Crippen LogP contribution in [0.4, 0.5) is 0 Å². The first kappa shape index (κ1) is 18.7. The molecule has 9 heteroatoms. The normalized spacial score (nSPS) is 25.6. The summed E-state index contributed by atoms with van der Waals surface area (Å²) in [5, 5.41) is 0. The number of amides is 1. The molecule has 0 saturated carbocycles. The molecular weight excluding hydrogens is 356 g/mol. The molecule has 23 heavy (non-hydrogen) atoms. The van der Waals surface area contributed by atoms with E-state index in [0.29, 0.717) is 35.3 Å². The maximum Gasteiger partial charge on any atom is 0.267 e. The van der Waals surface area contributed by atoms with Gasteiger partial charge in [-0.3, -0.25) is 9.69 Å². The van der Waals surface area contributed by atoms with Crippen LogP contribution in [0, 0.1) is 0 Å². The highest BCUT2D eigenvalue weighted by molar-refractivity contribution is 8.26. The number of carbonyl (C=O) groups excluding carboxylic acids is 1. The average molecular weight is 379 g/mol. The van der Waals surface area contributed by atoms with Crippen molar-refractivity contribution in [2.24, 2.45) is 0 Å². The number of thiocarbonyl (C=S) groups is 1. The monoisotopic (exact) mass is 378 g/mol. The maximum atomic E-state index is 12.5. The molecule has 1 unspecified atom stereocenters. The molecule has 2 aliphatic rings. The quantitative estimate of drug-likeness (QED) is 0.375. The second kappa shape index (κ2) is 7.96. The fourth-order valence-electron chi connectivity index (χ4n) is 2.69. The molecule has 0 bridgehead atoms. The average Bonchev–Trinajstić information content (AvgIpc) is 2.98. The summed E-state index contributed by atoms with van der Waals surface area (Å²) in [6.07, 6.45) is 3.12. The Morgan fingerprint density at radius 1 is 1.52 bits per heavy atom. The van der Waals surface area contributed by atoms with E-state index < -0.39 is 9.84 Å². The molecule has 0 aromatic carbocycles. The minimum absolute atomic E-state index is 0.0537. The van der Waals surface area contributed by atoms with Crippen molar-refractivity contribution < 1.29 is 17.9 Å². The van der Waals surface area contributed by atoms with Gasteiger partial charge in [0, 0.05) is 39.0 Å². The van der Waals surface area contributed by atoms with Crippen LogP contribution in [0.15, 0.2) is 11.1 Å². The smallest absolute Gasteiger partial charge is 0.267 e. The molecular formula is C14H22N2O4S3. The lowest BCUT2D eigenvalue weighted by Gasteiger charge is -2.25. The zero-order valence-electron chi connectivity index (χ0n) is 13.4. The number of hydrogen-bond acceptors (Lipinski definition) is 7. The Balaban J connectivity index is 2.06. The van der Waals surface area contributed by atoms with E-state index in [0.717, 1.165) is 6.42 Å². The molecule has 1 atom stereocenters. The van der Waals surface area contributed by atoms with E-state index >= 15 is 0 Å². The molecule has 6 nitrogen and oxygen atoms in total. The van der Waals surface area contributed by atoms with Gasteiger partial charge >= 0.3 is 0 Å². The zero-order chi connectivity index (χ0) is 17.0. The second-order valence-electron chi connectivity index (χ2n) is 5.55. The van der Waals surface area contributed by atoms with Gasteiger partial charge in [0.2, 0.25) is 0 Å². The summed E-state index contributed by atoms with van der Waals surface area (Å²) in [6, 6.07) is -0.0537. The topological polar surface area (TPSA) is 66.9 Å². The van der Waals surface area contributed by atoms with Crippen LogP contribution in [0.5, 0.6) is 0 Å². The highest BCUT2D eigenvalue weighted by Crippen LogP contribution is 2.32. The highest BCUT2D eigenvalue weighted by Gasteiger charge is 2.35. The van der Waals surface area contributed by atoms with Gasteiger partial charge in [0.1, 0.15) is 4.32 Å². The van der Waals surface area contributed by atoms with Crippen molar-refractivity contribution in [1.29, 1.82) is 0 Å². The first-order valence-corrected chi connectivity index (χ1v) is 10.6. The van der Waals surface area contributed by atoms with Crippen LogP contribution in [0.25, 0.3) is 0 Å². The number of sulfone groups is 1. The lowest BCUT2D eigenvalue weighted by molar-refractivity contribution is -0.122. The molecule has 130 valence electrons. The summed E-state index contributed by atoms with van der Waals surface area (Å²) in [5.41, 5.74) is 0. The van der Waals surface area contributed by atoms with E-state index in [1.165, 1.54) is 11.8 Å². The van der Waals surface area contributed by atoms with Crippen molar-refractivity contribution in [1.82, 2.24) is 9.80 Å². The Labute approximate surface area is 147 Å². The van der Waals surface area contributed by atoms with E-state index in [1.807, 2.05) is 11.8 Å². The number of rotatable bonds is 7. The number of thioether (sulfide) groups is 1. The molecule has 2 heterocycles. The summed E-state index contributed by atoms with van der Waals surface area (Å²) in [5.74, 6) is 0.279. The number of hydrogen-bond donors (Lipinski definition) is 0. The third kappa shape index (κ3) is 4.68. The number of ether oxygens (including phenoxy) is 1. The predicted molar refractivity (Wildman–Crippen MR) is 95.9 cm³/mol. The zero-order valence-corrected chi connectivity index (χ0v) is 15.8. The highest BCUT2D eigenvalue weighted by atomic mass is 32.2. The summed E-state index contributed by atoms with van der Waals surface area (Å²) in [4.78, 5) is 16.6. The maximum absolute atomic E-state index is 12.5. The van der Waals surface area contributed by atoms with Gasteiger partial charge < -0.3 is 9.64 Å². The molecule has 0 radical (unpaired) electrons. The van der Waals surface area contributed by atoms with E-state index in [1.54, 1.807) is 18.2 Å². The van der Waals surface area contributed by atoms with Crippen LogP contribution in [0.1, 0.15) is 19.8 Å². The molecule has 0 N–H and O–H groups in total. The van der Waals surface area contributed by atoms with Gasteiger partial charge in [-0.25, -0.2) is 8.42 Å². The van der Waals surface area contributed by atoms with Crippen LogP contribution < -0.4 is 0 Å². The summed E-state index contributed by atoms with van der Waals surface area (Å²) < 4.78 is 28.9. The van der Waals surface area contributed by atoms with Crippen molar-refractivity contribution in [3.63, 3.8) is 0 Å². The Morgan fingerprint density at radius 3 is 2.83 bits per heavy atom. The largest absolute Gasteiger partial charge is 0.385 e. The Morgan fingerprint density at radius 2 is 2.26 bits per heavy atom. The fourth-order valence-corrected chi connectivity index (χ4v) is 5.74. The molecule has 2 fully saturated rings. The van der Waals surface area contributed by atoms with Gasteiger partial charge in [-0.05, 0) is 19.8 Å². The SMILES string of the molecule is CCN(C=C1SC(=S)N(CCCOC)C1=O)C1CCS(=O)(=O)C1. The molecule has 2 saturated heterocycles. The summed E-state index contributed by atoms with van der Waals surface area (Å²) in [6.45, 7) is 3.74. The molecule has 0 aromatic rings. The van der Waals surface area contributed by atoms with Gasteiger partial charge in [0.15, 0.2) is 9.84 Å². The Bertz CT molecular complexity index is 603. The summed E-state index contributed by atoms with van der Waals surface area (Å²) in [7, 11) is -1.32. The van der Waals surface area contributed by atoms with Crippen molar-refractivity contribution >= 4 is 44.0 Å². The van der Waals surface area contributed by atoms with Gasteiger partial charge in [-0.1, -0.05) is 24.0 Å². The molecule has 2 aliphatic heterocycles. The number of nitrogens with zero attached hydrogens (tertiary/aromatic N) is 2. The lowest BCUT2D eigenvalue weighted by Crippen LogP contribution is -2.33. The van der Waals surface area contributed by atoms with E-state index in [4.69, 9.17) is 17.0 Å². The van der Waals surface area contributed by atoms with Crippen molar-refractivity contribution in [3.05, 3.63) is 11.1 Å². The third-order valence-corrected chi connectivity index (χ3v) is 7.05. The number of carbonyl (C=O) groups is 1. The van der Waals surface area contributed by atoms with Gasteiger partial charge in [0.05, 0.1) is 16.4 Å². The minimum atomic E-state index is -2.95. The standard InChI is InChI=1S/C14H22N2O4S3/c1-3-15(11-5-8-23(18,19)10-11)9-12-13(17)16(14(21)22-12)6-4-7-20-2/h9,11H,3-8,10H2,1-2H3. The minimum Gasteiger partial charge on any atom is -0.385 e. The lowest BCUT2D eigenvalue weighted by atomic mass is 10.2. The Kier molecular flexibility index (Phi) is 6.47. The molecule has 0 aliphatic carbocycles.